The minimum Gasteiger partial charge on any atom is -0.321 e. The lowest BCUT2D eigenvalue weighted by atomic mass is 10.1. The average molecular weight is 574 g/mol. The van der Waals surface area contributed by atoms with Crippen molar-refractivity contribution >= 4 is 79.1 Å². The third-order valence-corrected chi connectivity index (χ3v) is 5.95. The molecule has 1 aromatic heterocycles. The summed E-state index contributed by atoms with van der Waals surface area (Å²) in [5, 5.41) is 6.69. The molecule has 4 aromatic rings. The first-order valence-corrected chi connectivity index (χ1v) is 11.9. The van der Waals surface area contributed by atoms with Gasteiger partial charge in [0.15, 0.2) is 0 Å². The minimum atomic E-state index is -0.940. The van der Waals surface area contributed by atoms with Crippen LogP contribution in [0.3, 0.4) is 0 Å². The largest absolute Gasteiger partial charge is 0.328 e. The van der Waals surface area contributed by atoms with Crippen molar-refractivity contribution in [3.05, 3.63) is 92.0 Å². The maximum atomic E-state index is 13.1. The highest BCUT2D eigenvalue weighted by Gasteiger charge is 2.21. The number of halogens is 3. The van der Waals surface area contributed by atoms with Crippen molar-refractivity contribution in [2.75, 3.05) is 16.1 Å². The van der Waals surface area contributed by atoms with Crippen LogP contribution in [0.25, 0.3) is 10.9 Å². The van der Waals surface area contributed by atoms with Crippen molar-refractivity contribution in [3.63, 3.8) is 0 Å². The van der Waals surface area contributed by atoms with Crippen LogP contribution in [0, 0.1) is 13.8 Å². The van der Waals surface area contributed by atoms with Crippen LogP contribution in [0.4, 0.5) is 11.4 Å². The lowest BCUT2D eigenvalue weighted by molar-refractivity contribution is -0.133. The number of hydrogen-bond acceptors (Lipinski definition) is 3. The number of aryl methyl sites for hydroxylation is 2. The molecule has 0 aliphatic heterocycles. The Hall–Kier alpha value is -3.33. The van der Waals surface area contributed by atoms with Crippen LogP contribution in [0.2, 0.25) is 10.0 Å². The van der Waals surface area contributed by atoms with Crippen molar-refractivity contribution in [2.45, 2.75) is 13.8 Å². The first kappa shape index (κ1) is 24.8. The third kappa shape index (κ3) is 5.85. The summed E-state index contributed by atoms with van der Waals surface area (Å²) in [6.07, 6.45) is 0. The molecule has 1 heterocycles. The average Bonchev–Trinajstić information content (AvgIpc) is 3.09. The summed E-state index contributed by atoms with van der Waals surface area (Å²) in [6, 6.07) is 17.0. The van der Waals surface area contributed by atoms with E-state index in [1.54, 1.807) is 54.6 Å². The zero-order chi connectivity index (χ0) is 25.3. The molecule has 0 saturated carbocycles. The number of carbonyl (C=O) groups is 3. The van der Waals surface area contributed by atoms with E-state index in [-0.39, 0.29) is 5.69 Å². The Morgan fingerprint density at radius 2 is 1.40 bits per heavy atom. The van der Waals surface area contributed by atoms with Crippen LogP contribution in [-0.4, -0.2) is 22.4 Å². The number of amides is 3. The van der Waals surface area contributed by atoms with Crippen LogP contribution in [0.15, 0.2) is 65.1 Å². The SMILES string of the molecule is Cc1cc(C)cc(NC(=O)C(=O)Nn2c(C(=O)Nc3cc(Cl)cc(Cl)c3)cc3cc(Br)ccc32)c1. The highest BCUT2D eigenvalue weighted by atomic mass is 79.9. The van der Waals surface area contributed by atoms with Gasteiger partial charge < -0.3 is 10.6 Å². The van der Waals surface area contributed by atoms with Gasteiger partial charge in [0.25, 0.3) is 5.91 Å². The van der Waals surface area contributed by atoms with Gasteiger partial charge in [-0.15, -0.1) is 0 Å². The van der Waals surface area contributed by atoms with Gasteiger partial charge in [-0.05, 0) is 79.6 Å². The molecule has 0 atom stereocenters. The monoisotopic (exact) mass is 572 g/mol. The second-order valence-corrected chi connectivity index (χ2v) is 9.74. The Balaban J connectivity index is 1.64. The zero-order valence-electron chi connectivity index (χ0n) is 18.6. The van der Waals surface area contributed by atoms with Crippen molar-refractivity contribution in [2.24, 2.45) is 0 Å². The maximum absolute atomic E-state index is 13.1. The highest BCUT2D eigenvalue weighted by Crippen LogP contribution is 2.26. The summed E-state index contributed by atoms with van der Waals surface area (Å²) in [7, 11) is 0. The van der Waals surface area contributed by atoms with Crippen molar-refractivity contribution in [1.29, 1.82) is 0 Å². The summed E-state index contributed by atoms with van der Waals surface area (Å²) in [5.41, 5.74) is 5.92. The number of fused-ring (bicyclic) bond motifs is 1. The Kier molecular flexibility index (Phi) is 7.16. The molecule has 0 radical (unpaired) electrons. The molecule has 4 rings (SSSR count). The van der Waals surface area contributed by atoms with E-state index in [9.17, 15) is 14.4 Å². The van der Waals surface area contributed by atoms with E-state index in [1.165, 1.54) is 4.68 Å². The fraction of sp³-hybridized carbons (Fsp3) is 0.0800. The molecule has 0 bridgehead atoms. The second kappa shape index (κ2) is 10.1. The molecular weight excluding hydrogens is 555 g/mol. The van der Waals surface area contributed by atoms with Crippen LogP contribution in [0.1, 0.15) is 21.6 Å². The molecule has 7 nitrogen and oxygen atoms in total. The van der Waals surface area contributed by atoms with E-state index >= 15 is 0 Å². The molecule has 3 N–H and O–H groups in total. The van der Waals surface area contributed by atoms with Gasteiger partial charge in [-0.1, -0.05) is 45.2 Å². The topological polar surface area (TPSA) is 92.2 Å². The Morgan fingerprint density at radius 1 is 0.771 bits per heavy atom. The molecule has 0 unspecified atom stereocenters. The lowest BCUT2D eigenvalue weighted by Gasteiger charge is -2.13. The number of nitrogens with one attached hydrogen (secondary N) is 3. The number of benzene rings is 3. The summed E-state index contributed by atoms with van der Waals surface area (Å²) >= 11 is 15.5. The summed E-state index contributed by atoms with van der Waals surface area (Å²) in [4.78, 5) is 38.6. The molecule has 0 fully saturated rings. The standard InChI is InChI=1S/C25H19BrCl2N4O3/c1-13-5-14(2)7-19(6-13)30-24(34)25(35)31-32-21-4-3-16(26)8-15(21)9-22(32)23(33)29-20-11-17(27)10-18(28)12-20/h3-12H,1-2H3,(H,29,33)(H,30,34)(H,31,35). The number of nitrogens with zero attached hydrogens (tertiary/aromatic N) is 1. The van der Waals surface area contributed by atoms with E-state index in [2.05, 4.69) is 32.0 Å². The lowest BCUT2D eigenvalue weighted by Crippen LogP contribution is -2.36. The number of anilines is 2. The molecule has 0 saturated heterocycles. The predicted molar refractivity (Wildman–Crippen MR) is 143 cm³/mol. The fourth-order valence-corrected chi connectivity index (χ4v) is 4.59. The Bertz CT molecular complexity index is 1460. The highest BCUT2D eigenvalue weighted by molar-refractivity contribution is 9.10. The first-order chi connectivity index (χ1) is 16.6. The molecule has 3 amide bonds. The van der Waals surface area contributed by atoms with E-state index < -0.39 is 17.7 Å². The zero-order valence-corrected chi connectivity index (χ0v) is 21.7. The quantitative estimate of drug-likeness (QED) is 0.251. The van der Waals surface area contributed by atoms with Crippen molar-refractivity contribution in [1.82, 2.24) is 4.68 Å². The maximum Gasteiger partial charge on any atom is 0.328 e. The third-order valence-electron chi connectivity index (χ3n) is 5.02. The number of carbonyl (C=O) groups excluding carboxylic acids is 3. The van der Waals surface area contributed by atoms with Gasteiger partial charge in [-0.3, -0.25) is 19.8 Å². The van der Waals surface area contributed by atoms with Crippen LogP contribution >= 0.6 is 39.1 Å². The van der Waals surface area contributed by atoms with Gasteiger partial charge in [0, 0.05) is 31.3 Å². The van der Waals surface area contributed by atoms with Gasteiger partial charge in [0.2, 0.25) is 0 Å². The Morgan fingerprint density at radius 3 is 2.06 bits per heavy atom. The van der Waals surface area contributed by atoms with Gasteiger partial charge >= 0.3 is 11.8 Å². The van der Waals surface area contributed by atoms with Gasteiger partial charge in [0.05, 0.1) is 5.52 Å². The van der Waals surface area contributed by atoms with Crippen LogP contribution < -0.4 is 16.1 Å². The molecule has 0 aliphatic rings. The summed E-state index contributed by atoms with van der Waals surface area (Å²) < 4.78 is 2.06. The van der Waals surface area contributed by atoms with E-state index in [0.717, 1.165) is 15.6 Å². The van der Waals surface area contributed by atoms with Crippen molar-refractivity contribution in [3.8, 4) is 0 Å². The fourth-order valence-electron chi connectivity index (χ4n) is 3.68. The van der Waals surface area contributed by atoms with Crippen LogP contribution in [0.5, 0.6) is 0 Å². The minimum absolute atomic E-state index is 0.0988. The molecule has 35 heavy (non-hydrogen) atoms. The van der Waals surface area contributed by atoms with E-state index in [0.29, 0.717) is 32.3 Å². The first-order valence-electron chi connectivity index (χ1n) is 10.4. The molecule has 10 heteroatoms. The van der Waals surface area contributed by atoms with Crippen molar-refractivity contribution < 1.29 is 14.4 Å². The smallest absolute Gasteiger partial charge is 0.321 e. The molecule has 3 aromatic carbocycles. The van der Waals surface area contributed by atoms with Crippen LogP contribution in [-0.2, 0) is 9.59 Å². The molecule has 0 aliphatic carbocycles. The second-order valence-electron chi connectivity index (χ2n) is 7.95. The molecule has 0 spiro atoms. The number of rotatable bonds is 4. The predicted octanol–water partition coefficient (Wildman–Crippen LogP) is 6.29. The number of aromatic nitrogens is 1. The number of hydrogen-bond donors (Lipinski definition) is 3. The van der Waals surface area contributed by atoms with Gasteiger partial charge in [-0.25, -0.2) is 4.68 Å². The van der Waals surface area contributed by atoms with E-state index in [4.69, 9.17) is 23.2 Å². The summed E-state index contributed by atoms with van der Waals surface area (Å²) in [5.74, 6) is -2.35. The normalized spacial score (nSPS) is 10.8. The summed E-state index contributed by atoms with van der Waals surface area (Å²) in [6.45, 7) is 3.79. The Labute approximate surface area is 219 Å². The molecule has 178 valence electrons. The van der Waals surface area contributed by atoms with Gasteiger partial charge in [0.1, 0.15) is 5.69 Å². The molecular formula is C25H19BrCl2N4O3. The van der Waals surface area contributed by atoms with E-state index in [1.807, 2.05) is 19.9 Å². The van der Waals surface area contributed by atoms with Gasteiger partial charge in [-0.2, -0.15) is 0 Å².